The Hall–Kier alpha value is -2.46. The van der Waals surface area contributed by atoms with E-state index in [0.717, 1.165) is 30.5 Å². The Morgan fingerprint density at radius 1 is 1.23 bits per heavy atom. The van der Waals surface area contributed by atoms with E-state index in [1.165, 1.54) is 0 Å². The lowest BCUT2D eigenvalue weighted by atomic mass is 10.2. The summed E-state index contributed by atoms with van der Waals surface area (Å²) in [5.41, 5.74) is 6.87. The second kappa shape index (κ2) is 6.54. The number of amides is 2. The van der Waals surface area contributed by atoms with Crippen LogP contribution in [-0.4, -0.2) is 30.7 Å². The molecule has 1 atom stereocenters. The molecule has 0 spiro atoms. The minimum Gasteiger partial charge on any atom is -0.430 e. The summed E-state index contributed by atoms with van der Waals surface area (Å²) >= 11 is 0. The normalized spacial score (nSPS) is 13.9. The van der Waals surface area contributed by atoms with Crippen LogP contribution in [0.3, 0.4) is 0 Å². The van der Waals surface area contributed by atoms with E-state index >= 15 is 0 Å². The van der Waals surface area contributed by atoms with Gasteiger partial charge in [0.2, 0.25) is 0 Å². The minimum atomic E-state index is -5.75. The molecule has 2 amide bonds. The summed E-state index contributed by atoms with van der Waals surface area (Å²) in [5, 5.41) is 3.36. The van der Waals surface area contributed by atoms with Gasteiger partial charge in [0, 0.05) is 0 Å². The van der Waals surface area contributed by atoms with Crippen molar-refractivity contribution in [2.75, 3.05) is 0 Å². The molecule has 0 aliphatic rings. The Labute approximate surface area is 119 Å². The molecule has 1 aromatic rings. The number of hydrazone groups is 1. The van der Waals surface area contributed by atoms with Crippen molar-refractivity contribution in [1.82, 2.24) is 5.43 Å². The third-order valence-electron chi connectivity index (χ3n) is 2.10. The molecule has 1 rings (SSSR count). The molecule has 0 saturated heterocycles. The largest absolute Gasteiger partial charge is 0.439 e. The molecule has 0 saturated carbocycles. The van der Waals surface area contributed by atoms with Crippen molar-refractivity contribution in [2.24, 2.45) is 10.8 Å². The van der Waals surface area contributed by atoms with E-state index in [9.17, 15) is 31.1 Å². The lowest BCUT2D eigenvalue weighted by molar-refractivity contribution is -0.304. The number of ether oxygens (including phenoxy) is 1. The maximum absolute atomic E-state index is 13.0. The Balaban J connectivity index is 2.75. The molecule has 22 heavy (non-hydrogen) atoms. The van der Waals surface area contributed by atoms with Crippen molar-refractivity contribution < 1.29 is 35.9 Å². The molecule has 0 bridgehead atoms. The third-order valence-corrected chi connectivity index (χ3v) is 2.10. The molecular formula is C11H9F6N3O2. The van der Waals surface area contributed by atoms with Crippen LogP contribution in [-0.2, 0) is 0 Å². The molecule has 0 fully saturated rings. The van der Waals surface area contributed by atoms with Crippen molar-refractivity contribution >= 4 is 12.2 Å². The summed E-state index contributed by atoms with van der Waals surface area (Å²) in [6.07, 6.45) is -14.2. The quantitative estimate of drug-likeness (QED) is 0.495. The molecule has 1 aromatic carbocycles. The van der Waals surface area contributed by atoms with Gasteiger partial charge in [0.05, 0.1) is 6.21 Å². The van der Waals surface area contributed by atoms with Gasteiger partial charge in [0.15, 0.2) is 0 Å². The van der Waals surface area contributed by atoms with Crippen LogP contribution in [0.1, 0.15) is 5.56 Å². The minimum absolute atomic E-state index is 0.289. The standard InChI is InChI=1S/C11H9F6N3O2/c12-8(10(13,14)15)11(16,17)22-7-3-1-6(2-4-7)5-19-20-9(18)21/h1-5,8H,(H3,18,20,21)/b19-5-/t8-/m0/s1. The van der Waals surface area contributed by atoms with Crippen molar-refractivity contribution in [1.29, 1.82) is 0 Å². The number of hydrogen-bond donors (Lipinski definition) is 2. The summed E-state index contributed by atoms with van der Waals surface area (Å²) in [6.45, 7) is 0. The predicted molar refractivity (Wildman–Crippen MR) is 63.3 cm³/mol. The summed E-state index contributed by atoms with van der Waals surface area (Å²) in [7, 11) is 0. The highest BCUT2D eigenvalue weighted by Crippen LogP contribution is 2.36. The first kappa shape index (κ1) is 17.6. The van der Waals surface area contributed by atoms with Gasteiger partial charge >= 0.3 is 18.3 Å². The van der Waals surface area contributed by atoms with Gasteiger partial charge in [0.1, 0.15) is 5.75 Å². The van der Waals surface area contributed by atoms with Crippen LogP contribution in [0.15, 0.2) is 29.4 Å². The smallest absolute Gasteiger partial charge is 0.430 e. The zero-order valence-electron chi connectivity index (χ0n) is 10.6. The predicted octanol–water partition coefficient (Wildman–Crippen LogP) is 2.56. The van der Waals surface area contributed by atoms with Crippen LogP contribution < -0.4 is 15.9 Å². The molecule has 0 aromatic heterocycles. The van der Waals surface area contributed by atoms with Gasteiger partial charge < -0.3 is 10.5 Å². The van der Waals surface area contributed by atoms with Crippen molar-refractivity contribution in [2.45, 2.75) is 18.5 Å². The summed E-state index contributed by atoms with van der Waals surface area (Å²) in [6, 6.07) is 3.10. The number of benzene rings is 1. The number of urea groups is 1. The maximum atomic E-state index is 13.0. The number of rotatable bonds is 5. The van der Waals surface area contributed by atoms with E-state index < -0.39 is 30.2 Å². The zero-order valence-corrected chi connectivity index (χ0v) is 10.6. The molecule has 0 aliphatic heterocycles. The van der Waals surface area contributed by atoms with Crippen LogP contribution in [0, 0.1) is 0 Å². The van der Waals surface area contributed by atoms with Crippen LogP contribution in [0.25, 0.3) is 0 Å². The SMILES string of the molecule is NC(=O)N/N=C\c1ccc(OC(F)(F)[C@@H](F)C(F)(F)F)cc1. The highest BCUT2D eigenvalue weighted by molar-refractivity contribution is 5.81. The molecule has 0 heterocycles. The van der Waals surface area contributed by atoms with E-state index in [4.69, 9.17) is 5.73 Å². The summed E-state index contributed by atoms with van der Waals surface area (Å²) in [5.74, 6) is -0.683. The first-order valence-electron chi connectivity index (χ1n) is 5.48. The number of nitrogens with one attached hydrogen (secondary N) is 1. The van der Waals surface area contributed by atoms with E-state index in [1.807, 2.05) is 5.43 Å². The monoisotopic (exact) mass is 329 g/mol. The zero-order chi connectivity index (χ0) is 17.0. The number of carbonyl (C=O) groups excluding carboxylic acids is 1. The fraction of sp³-hybridized carbons (Fsp3) is 0.273. The Morgan fingerprint density at radius 2 is 1.77 bits per heavy atom. The van der Waals surface area contributed by atoms with Crippen molar-refractivity contribution in [3.05, 3.63) is 29.8 Å². The summed E-state index contributed by atoms with van der Waals surface area (Å²) < 4.78 is 78.1. The highest BCUT2D eigenvalue weighted by atomic mass is 19.4. The van der Waals surface area contributed by atoms with Crippen LogP contribution in [0.4, 0.5) is 31.1 Å². The molecule has 3 N–H and O–H groups in total. The maximum Gasteiger partial charge on any atom is 0.439 e. The number of alkyl halides is 6. The first-order valence-corrected chi connectivity index (χ1v) is 5.48. The van der Waals surface area contributed by atoms with Gasteiger partial charge in [-0.05, 0) is 29.8 Å². The molecule has 0 unspecified atom stereocenters. The average molecular weight is 329 g/mol. The molecule has 0 radical (unpaired) electrons. The number of hydrogen-bond acceptors (Lipinski definition) is 3. The van der Waals surface area contributed by atoms with Gasteiger partial charge in [-0.2, -0.15) is 27.1 Å². The number of carbonyl (C=O) groups is 1. The van der Waals surface area contributed by atoms with Gasteiger partial charge in [-0.15, -0.1) is 0 Å². The molecule has 5 nitrogen and oxygen atoms in total. The Bertz CT molecular complexity index is 544. The van der Waals surface area contributed by atoms with E-state index in [0.29, 0.717) is 0 Å². The van der Waals surface area contributed by atoms with E-state index in [2.05, 4.69) is 9.84 Å². The fourth-order valence-corrected chi connectivity index (χ4v) is 1.19. The average Bonchev–Trinajstić information content (AvgIpc) is 2.38. The second-order valence-corrected chi connectivity index (χ2v) is 3.87. The fourth-order valence-electron chi connectivity index (χ4n) is 1.19. The highest BCUT2D eigenvalue weighted by Gasteiger charge is 2.59. The van der Waals surface area contributed by atoms with Gasteiger partial charge in [-0.1, -0.05) is 0 Å². The summed E-state index contributed by atoms with van der Waals surface area (Å²) in [4.78, 5) is 10.3. The van der Waals surface area contributed by atoms with E-state index in [1.54, 1.807) is 0 Å². The molecule has 0 aliphatic carbocycles. The van der Waals surface area contributed by atoms with Crippen molar-refractivity contribution in [3.8, 4) is 5.75 Å². The second-order valence-electron chi connectivity index (χ2n) is 3.87. The lowest BCUT2D eigenvalue weighted by Gasteiger charge is -2.23. The Kier molecular flexibility index (Phi) is 5.23. The molecular weight excluding hydrogens is 320 g/mol. The topological polar surface area (TPSA) is 76.7 Å². The van der Waals surface area contributed by atoms with Gasteiger partial charge in [-0.3, -0.25) is 0 Å². The van der Waals surface area contributed by atoms with Gasteiger partial charge in [0.25, 0.3) is 6.17 Å². The number of nitrogens with zero attached hydrogens (tertiary/aromatic N) is 1. The van der Waals surface area contributed by atoms with Crippen molar-refractivity contribution in [3.63, 3.8) is 0 Å². The first-order chi connectivity index (χ1) is 10.0. The van der Waals surface area contributed by atoms with Gasteiger partial charge in [-0.25, -0.2) is 14.6 Å². The number of halogens is 6. The molecule has 11 heteroatoms. The Morgan fingerprint density at radius 3 is 2.23 bits per heavy atom. The van der Waals surface area contributed by atoms with Crippen LogP contribution in [0.2, 0.25) is 0 Å². The molecule has 122 valence electrons. The third kappa shape index (κ3) is 5.14. The van der Waals surface area contributed by atoms with E-state index in [-0.39, 0.29) is 5.56 Å². The lowest BCUT2D eigenvalue weighted by Crippen LogP contribution is -2.45. The number of primary amides is 1. The van der Waals surface area contributed by atoms with Crippen LogP contribution in [0.5, 0.6) is 5.75 Å². The number of nitrogens with two attached hydrogens (primary N) is 1. The van der Waals surface area contributed by atoms with Crippen LogP contribution >= 0.6 is 0 Å².